The maximum atomic E-state index is 14.4. The van der Waals surface area contributed by atoms with Gasteiger partial charge in [-0.1, -0.05) is 42.4 Å². The van der Waals surface area contributed by atoms with Crippen LogP contribution >= 0.6 is 11.8 Å². The van der Waals surface area contributed by atoms with Gasteiger partial charge in [-0.2, -0.15) is 0 Å². The van der Waals surface area contributed by atoms with Crippen molar-refractivity contribution in [2.45, 2.75) is 99.1 Å². The van der Waals surface area contributed by atoms with Crippen molar-refractivity contribution >= 4 is 39.1 Å². The third kappa shape index (κ3) is 6.22. The molecule has 1 aliphatic heterocycles. The molecule has 1 saturated heterocycles. The van der Waals surface area contributed by atoms with Gasteiger partial charge in [0.2, 0.25) is 0 Å². The minimum atomic E-state index is -4.24. The first kappa shape index (κ1) is 31.9. The van der Waals surface area contributed by atoms with Crippen molar-refractivity contribution in [3.05, 3.63) is 65.2 Å². The zero-order valence-corrected chi connectivity index (χ0v) is 27.0. The van der Waals surface area contributed by atoms with E-state index in [0.717, 1.165) is 24.1 Å². The number of aromatic nitrogens is 2. The smallest absolute Gasteiger partial charge is 0.265 e. The van der Waals surface area contributed by atoms with Crippen LogP contribution in [0.1, 0.15) is 57.1 Å². The van der Waals surface area contributed by atoms with E-state index in [1.807, 2.05) is 13.8 Å². The molecule has 2 aromatic carbocycles. The summed E-state index contributed by atoms with van der Waals surface area (Å²) in [6.07, 6.45) is -0.357. The molecule has 3 fully saturated rings. The highest BCUT2D eigenvalue weighted by Crippen LogP contribution is 2.50. The van der Waals surface area contributed by atoms with Gasteiger partial charge in [-0.3, -0.25) is 0 Å². The van der Waals surface area contributed by atoms with Crippen LogP contribution in [-0.4, -0.2) is 65.4 Å². The zero-order valence-electron chi connectivity index (χ0n) is 25.4. The molecular formula is C31H37F2N5O5S2. The number of aryl methyl sites for hydroxylation is 1. The molecular weight excluding hydrogens is 625 g/mol. The summed E-state index contributed by atoms with van der Waals surface area (Å²) in [5.74, 6) is -2.43. The van der Waals surface area contributed by atoms with E-state index in [1.54, 1.807) is 26.0 Å². The average molecular weight is 662 g/mol. The highest BCUT2D eigenvalue weighted by molar-refractivity contribution is 7.99. The van der Waals surface area contributed by atoms with Crippen LogP contribution in [0.5, 0.6) is 0 Å². The van der Waals surface area contributed by atoms with Gasteiger partial charge >= 0.3 is 0 Å². The Hall–Kier alpha value is -3.04. The van der Waals surface area contributed by atoms with Gasteiger partial charge in [-0.15, -0.1) is 0 Å². The first-order valence-corrected chi connectivity index (χ1v) is 17.4. The fraction of sp³-hybridized carbons (Fsp3) is 0.484. The number of nitrogens with one attached hydrogen (secondary N) is 1. The van der Waals surface area contributed by atoms with Crippen molar-refractivity contribution in [2.75, 3.05) is 21.1 Å². The minimum Gasteiger partial charge on any atom is -0.393 e. The Morgan fingerprint density at radius 2 is 1.80 bits per heavy atom. The fourth-order valence-electron chi connectivity index (χ4n) is 6.06. The summed E-state index contributed by atoms with van der Waals surface area (Å²) < 4.78 is 70.0. The molecule has 10 nitrogen and oxygen atoms in total. The number of aliphatic hydroxyl groups excluding tert-OH is 1. The predicted octanol–water partition coefficient (Wildman–Crippen LogP) is 4.96. The van der Waals surface area contributed by atoms with Crippen molar-refractivity contribution in [1.29, 1.82) is 0 Å². The van der Waals surface area contributed by atoms with E-state index in [2.05, 4.69) is 15.3 Å². The van der Waals surface area contributed by atoms with E-state index in [9.17, 15) is 22.3 Å². The van der Waals surface area contributed by atoms with Crippen LogP contribution < -0.4 is 15.4 Å². The summed E-state index contributed by atoms with van der Waals surface area (Å²) >= 11 is 1.36. The number of thioether (sulfide) groups is 1. The van der Waals surface area contributed by atoms with Gasteiger partial charge < -0.3 is 25.6 Å². The maximum absolute atomic E-state index is 14.4. The van der Waals surface area contributed by atoms with E-state index in [0.29, 0.717) is 29.3 Å². The fourth-order valence-corrected chi connectivity index (χ4v) is 8.42. The lowest BCUT2D eigenvalue weighted by molar-refractivity contribution is -0.162. The van der Waals surface area contributed by atoms with E-state index < -0.39 is 63.8 Å². The molecule has 0 amide bonds. The second-order valence-electron chi connectivity index (χ2n) is 12.3. The number of hydrogen-bond acceptors (Lipinski definition) is 10. The highest BCUT2D eigenvalue weighted by Gasteiger charge is 2.54. The number of halogens is 2. The Labute approximate surface area is 265 Å². The zero-order chi connectivity index (χ0) is 32.3. The lowest BCUT2D eigenvalue weighted by Gasteiger charge is -2.28. The number of hydrogen-bond donors (Lipinski definition) is 3. The summed E-state index contributed by atoms with van der Waals surface area (Å²) in [5, 5.41) is 14.3. The molecule has 45 heavy (non-hydrogen) atoms. The lowest BCUT2D eigenvalue weighted by Crippen LogP contribution is -2.37. The Morgan fingerprint density at radius 1 is 1.09 bits per heavy atom. The van der Waals surface area contributed by atoms with Crippen LogP contribution in [0.25, 0.3) is 0 Å². The van der Waals surface area contributed by atoms with Crippen molar-refractivity contribution in [3.63, 3.8) is 0 Å². The van der Waals surface area contributed by atoms with Crippen molar-refractivity contribution < 1.29 is 31.8 Å². The van der Waals surface area contributed by atoms with E-state index in [-0.39, 0.29) is 22.2 Å². The number of benzene rings is 2. The largest absolute Gasteiger partial charge is 0.393 e. The number of rotatable bonds is 10. The van der Waals surface area contributed by atoms with Crippen LogP contribution in [0, 0.1) is 18.6 Å². The third-order valence-electron chi connectivity index (χ3n) is 8.31. The van der Waals surface area contributed by atoms with Crippen molar-refractivity contribution in [2.24, 2.45) is 0 Å². The van der Waals surface area contributed by atoms with E-state index >= 15 is 0 Å². The summed E-state index contributed by atoms with van der Waals surface area (Å²) in [6.45, 7) is 7.42. The molecule has 3 aliphatic rings. The standard InChI is InChI=1S/C31H37F2N5O5S2/c1-5-12-44-30-36-28(35-22-15-24(39)27-26(22)42-31(3,4)43-27)25(34)29(37-30)38(45(40,41)18-9-6-16(2)7-10-18)23-14-19(23)17-8-11-20(32)21(33)13-17/h6-11,13,19,22-24,26-27,39H,5,12,14-15,34H2,1-4H3,(H,35,36,37). The quantitative estimate of drug-likeness (QED) is 0.202. The van der Waals surface area contributed by atoms with Crippen LogP contribution in [0.3, 0.4) is 0 Å². The lowest BCUT2D eigenvalue weighted by atomic mass is 10.1. The SMILES string of the molecule is CCCSc1nc(NC2CC(O)C3OC(C)(C)OC23)c(N)c(N(C2CC2c2ccc(F)c(F)c2)S(=O)(=O)c2ccc(C)cc2)n1. The summed E-state index contributed by atoms with van der Waals surface area (Å²) in [7, 11) is -4.24. The summed E-state index contributed by atoms with van der Waals surface area (Å²) in [4.78, 5) is 9.38. The number of anilines is 3. The monoisotopic (exact) mass is 661 g/mol. The summed E-state index contributed by atoms with van der Waals surface area (Å²) in [5.41, 5.74) is 8.09. The Kier molecular flexibility index (Phi) is 8.48. The molecule has 3 aromatic rings. The van der Waals surface area contributed by atoms with E-state index in [1.165, 1.54) is 34.3 Å². The molecule has 14 heteroatoms. The van der Waals surface area contributed by atoms with Crippen LogP contribution in [0.15, 0.2) is 52.5 Å². The number of fused-ring (bicyclic) bond motifs is 1. The number of sulfonamides is 1. The van der Waals surface area contributed by atoms with Gasteiger partial charge in [0.25, 0.3) is 10.0 Å². The number of nitrogen functional groups attached to an aromatic ring is 1. The van der Waals surface area contributed by atoms with Gasteiger partial charge in [0.15, 0.2) is 34.2 Å². The predicted molar refractivity (Wildman–Crippen MR) is 168 cm³/mol. The van der Waals surface area contributed by atoms with Crippen molar-refractivity contribution in [1.82, 2.24) is 9.97 Å². The van der Waals surface area contributed by atoms with Gasteiger partial charge in [0.05, 0.1) is 23.1 Å². The average Bonchev–Trinajstić information content (AvgIpc) is 3.61. The van der Waals surface area contributed by atoms with Crippen LogP contribution in [0.4, 0.5) is 26.1 Å². The molecule has 0 radical (unpaired) electrons. The molecule has 6 rings (SSSR count). The topological polar surface area (TPSA) is 140 Å². The number of aliphatic hydroxyl groups is 1. The molecule has 2 aliphatic carbocycles. The highest BCUT2D eigenvalue weighted by atomic mass is 32.2. The first-order valence-electron chi connectivity index (χ1n) is 15.0. The number of nitrogens with two attached hydrogens (primary N) is 1. The molecule has 2 heterocycles. The Balaban J connectivity index is 1.43. The molecule has 6 atom stereocenters. The second kappa shape index (κ2) is 12.0. The number of nitrogens with zero attached hydrogens (tertiary/aromatic N) is 3. The van der Waals surface area contributed by atoms with Crippen molar-refractivity contribution in [3.8, 4) is 0 Å². The van der Waals surface area contributed by atoms with Gasteiger partial charge in [0.1, 0.15) is 17.9 Å². The molecule has 6 unspecified atom stereocenters. The van der Waals surface area contributed by atoms with Gasteiger partial charge in [0, 0.05) is 11.7 Å². The third-order valence-corrected chi connectivity index (χ3v) is 11.2. The van der Waals surface area contributed by atoms with Gasteiger partial charge in [-0.05, 0) is 69.9 Å². The molecule has 0 bridgehead atoms. The summed E-state index contributed by atoms with van der Waals surface area (Å²) in [6, 6.07) is 8.96. The molecule has 2 saturated carbocycles. The Bertz CT molecular complexity index is 1690. The van der Waals surface area contributed by atoms with Gasteiger partial charge in [-0.25, -0.2) is 31.5 Å². The minimum absolute atomic E-state index is 0.00131. The first-order chi connectivity index (χ1) is 21.3. The van der Waals surface area contributed by atoms with Crippen LogP contribution in [-0.2, 0) is 19.5 Å². The number of ether oxygens (including phenoxy) is 2. The Morgan fingerprint density at radius 3 is 2.49 bits per heavy atom. The second-order valence-corrected chi connectivity index (χ2v) is 15.1. The maximum Gasteiger partial charge on any atom is 0.265 e. The molecule has 242 valence electrons. The van der Waals surface area contributed by atoms with E-state index in [4.69, 9.17) is 15.2 Å². The molecule has 1 aromatic heterocycles. The normalized spacial score (nSPS) is 26.9. The molecule has 4 N–H and O–H groups in total. The molecule has 0 spiro atoms. The van der Waals surface area contributed by atoms with Crippen LogP contribution in [0.2, 0.25) is 0 Å².